The molecule has 0 aliphatic rings. The monoisotopic (exact) mass is 354 g/mol. The Morgan fingerprint density at radius 1 is 1.45 bits per heavy atom. The minimum atomic E-state index is -0.827. The van der Waals surface area contributed by atoms with Gasteiger partial charge in [-0.05, 0) is 40.5 Å². The van der Waals surface area contributed by atoms with Crippen LogP contribution in [0.4, 0.5) is 0 Å². The number of aromatic nitrogens is 2. The highest BCUT2D eigenvalue weighted by atomic mass is 79.9. The van der Waals surface area contributed by atoms with Gasteiger partial charge in [-0.1, -0.05) is 37.2 Å². The molecule has 0 spiro atoms. The average molecular weight is 355 g/mol. The first-order valence-corrected chi connectivity index (χ1v) is 8.08. The summed E-state index contributed by atoms with van der Waals surface area (Å²) in [6, 6.07) is 9.75. The Kier molecular flexibility index (Phi) is 5.25. The SMILES string of the molecule is CCCc1cc(SCC(=O)O)n(-c2ccccc2Br)n1. The highest BCUT2D eigenvalue weighted by Gasteiger charge is 2.13. The summed E-state index contributed by atoms with van der Waals surface area (Å²) >= 11 is 4.79. The lowest BCUT2D eigenvalue weighted by atomic mass is 10.3. The van der Waals surface area contributed by atoms with Crippen LogP contribution in [0.3, 0.4) is 0 Å². The van der Waals surface area contributed by atoms with Crippen LogP contribution in [0.5, 0.6) is 0 Å². The summed E-state index contributed by atoms with van der Waals surface area (Å²) in [6.45, 7) is 2.10. The summed E-state index contributed by atoms with van der Waals surface area (Å²) in [5.74, 6) is -0.797. The smallest absolute Gasteiger partial charge is 0.313 e. The fourth-order valence-electron chi connectivity index (χ4n) is 1.82. The minimum absolute atomic E-state index is 0.0295. The summed E-state index contributed by atoms with van der Waals surface area (Å²) in [7, 11) is 0. The number of aliphatic carboxylic acids is 1. The Bertz CT molecular complexity index is 613. The van der Waals surface area contributed by atoms with Crippen LogP contribution < -0.4 is 0 Å². The van der Waals surface area contributed by atoms with Gasteiger partial charge in [0.2, 0.25) is 0 Å². The topological polar surface area (TPSA) is 55.1 Å². The van der Waals surface area contributed by atoms with E-state index in [-0.39, 0.29) is 5.75 Å². The molecule has 0 unspecified atom stereocenters. The Hall–Kier alpha value is -1.27. The van der Waals surface area contributed by atoms with Crippen molar-refractivity contribution in [2.24, 2.45) is 0 Å². The standard InChI is InChI=1S/C14H15BrN2O2S/c1-2-5-10-8-13(20-9-14(18)19)17(16-10)12-7-4-3-6-11(12)15/h3-4,6-8H,2,5,9H2,1H3,(H,18,19). The lowest BCUT2D eigenvalue weighted by molar-refractivity contribution is -0.133. The average Bonchev–Trinajstić information content (AvgIpc) is 2.80. The van der Waals surface area contributed by atoms with Crippen LogP contribution in [-0.4, -0.2) is 26.6 Å². The lowest BCUT2D eigenvalue weighted by Crippen LogP contribution is -2.03. The van der Waals surface area contributed by atoms with Crippen molar-refractivity contribution in [3.63, 3.8) is 0 Å². The first-order chi connectivity index (χ1) is 9.61. The van der Waals surface area contributed by atoms with E-state index < -0.39 is 5.97 Å². The molecule has 1 aromatic carbocycles. The number of aryl methyl sites for hydroxylation is 1. The number of para-hydroxylation sites is 1. The summed E-state index contributed by atoms with van der Waals surface area (Å²) in [6.07, 6.45) is 1.90. The molecule has 0 amide bonds. The second-order valence-electron chi connectivity index (χ2n) is 4.27. The second-order valence-corrected chi connectivity index (χ2v) is 6.12. The van der Waals surface area contributed by atoms with Crippen molar-refractivity contribution in [2.45, 2.75) is 24.8 Å². The molecule has 0 bridgehead atoms. The van der Waals surface area contributed by atoms with E-state index in [1.54, 1.807) is 0 Å². The van der Waals surface area contributed by atoms with E-state index in [0.29, 0.717) is 0 Å². The van der Waals surface area contributed by atoms with Gasteiger partial charge in [-0.25, -0.2) is 4.68 Å². The fourth-order valence-corrected chi connectivity index (χ4v) is 3.03. The van der Waals surface area contributed by atoms with Gasteiger partial charge in [0, 0.05) is 4.47 Å². The zero-order valence-corrected chi connectivity index (χ0v) is 13.4. The fraction of sp³-hybridized carbons (Fsp3) is 0.286. The number of hydrogen-bond acceptors (Lipinski definition) is 3. The molecular formula is C14H15BrN2O2S. The number of carboxylic acids is 1. The summed E-state index contributed by atoms with van der Waals surface area (Å²) in [4.78, 5) is 10.8. The molecule has 0 fully saturated rings. The largest absolute Gasteiger partial charge is 0.481 e. The highest BCUT2D eigenvalue weighted by Crippen LogP contribution is 2.27. The van der Waals surface area contributed by atoms with Gasteiger partial charge in [0.1, 0.15) is 5.03 Å². The molecule has 1 heterocycles. The molecule has 0 atom stereocenters. The van der Waals surface area contributed by atoms with Crippen LogP contribution in [0.25, 0.3) is 5.69 Å². The number of hydrogen-bond donors (Lipinski definition) is 1. The number of carboxylic acid groups (broad SMARTS) is 1. The quantitative estimate of drug-likeness (QED) is 0.802. The molecule has 0 aliphatic carbocycles. The maximum absolute atomic E-state index is 10.8. The van der Waals surface area contributed by atoms with Crippen molar-refractivity contribution >= 4 is 33.7 Å². The molecule has 1 aromatic heterocycles. The van der Waals surface area contributed by atoms with Crippen molar-refractivity contribution in [3.05, 3.63) is 40.5 Å². The number of rotatable bonds is 6. The minimum Gasteiger partial charge on any atom is -0.481 e. The molecular weight excluding hydrogens is 340 g/mol. The maximum Gasteiger partial charge on any atom is 0.313 e. The van der Waals surface area contributed by atoms with E-state index in [0.717, 1.165) is 33.7 Å². The second kappa shape index (κ2) is 6.95. The van der Waals surface area contributed by atoms with Crippen molar-refractivity contribution in [3.8, 4) is 5.69 Å². The predicted molar refractivity (Wildman–Crippen MR) is 83.6 cm³/mol. The molecule has 0 saturated carbocycles. The van der Waals surface area contributed by atoms with E-state index >= 15 is 0 Å². The van der Waals surface area contributed by atoms with E-state index in [2.05, 4.69) is 28.0 Å². The van der Waals surface area contributed by atoms with Gasteiger partial charge in [-0.15, -0.1) is 0 Å². The third-order valence-electron chi connectivity index (χ3n) is 2.66. The first-order valence-electron chi connectivity index (χ1n) is 6.30. The van der Waals surface area contributed by atoms with Crippen LogP contribution in [-0.2, 0) is 11.2 Å². The van der Waals surface area contributed by atoms with Crippen LogP contribution >= 0.6 is 27.7 Å². The molecule has 2 rings (SSSR count). The van der Waals surface area contributed by atoms with Gasteiger partial charge in [-0.2, -0.15) is 5.10 Å². The van der Waals surface area contributed by atoms with Gasteiger partial charge in [0.15, 0.2) is 0 Å². The molecule has 0 saturated heterocycles. The van der Waals surface area contributed by atoms with Crippen molar-refractivity contribution in [2.75, 3.05) is 5.75 Å². The van der Waals surface area contributed by atoms with E-state index in [4.69, 9.17) is 5.11 Å². The van der Waals surface area contributed by atoms with Crippen LogP contribution in [0, 0.1) is 0 Å². The summed E-state index contributed by atoms with van der Waals surface area (Å²) < 4.78 is 2.74. The first kappa shape index (κ1) is 15.1. The van der Waals surface area contributed by atoms with Crippen LogP contribution in [0.1, 0.15) is 19.0 Å². The molecule has 20 heavy (non-hydrogen) atoms. The zero-order chi connectivity index (χ0) is 14.5. The molecule has 0 radical (unpaired) electrons. The molecule has 2 aromatic rings. The van der Waals surface area contributed by atoms with Gasteiger partial charge >= 0.3 is 5.97 Å². The summed E-state index contributed by atoms with van der Waals surface area (Å²) in [5.41, 5.74) is 1.90. The van der Waals surface area contributed by atoms with E-state index in [1.807, 2.05) is 35.0 Å². The van der Waals surface area contributed by atoms with Gasteiger partial charge < -0.3 is 5.11 Å². The van der Waals surface area contributed by atoms with Crippen molar-refractivity contribution < 1.29 is 9.90 Å². The Morgan fingerprint density at radius 2 is 2.20 bits per heavy atom. The Morgan fingerprint density at radius 3 is 2.85 bits per heavy atom. The normalized spacial score (nSPS) is 10.7. The van der Waals surface area contributed by atoms with E-state index in [9.17, 15) is 4.79 Å². The third-order valence-corrected chi connectivity index (χ3v) is 4.31. The number of benzene rings is 1. The molecule has 106 valence electrons. The lowest BCUT2D eigenvalue weighted by Gasteiger charge is -2.08. The van der Waals surface area contributed by atoms with Gasteiger partial charge in [-0.3, -0.25) is 4.79 Å². The number of thioether (sulfide) groups is 1. The maximum atomic E-state index is 10.8. The Balaban J connectivity index is 2.39. The van der Waals surface area contributed by atoms with Crippen molar-refractivity contribution in [1.82, 2.24) is 9.78 Å². The molecule has 6 heteroatoms. The highest BCUT2D eigenvalue weighted by molar-refractivity contribution is 9.10. The summed E-state index contributed by atoms with van der Waals surface area (Å²) in [5, 5.41) is 14.3. The van der Waals surface area contributed by atoms with Gasteiger partial charge in [0.05, 0.1) is 17.1 Å². The number of halogens is 1. The zero-order valence-electron chi connectivity index (χ0n) is 11.0. The molecule has 0 aliphatic heterocycles. The molecule has 1 N–H and O–H groups in total. The van der Waals surface area contributed by atoms with E-state index in [1.165, 1.54) is 11.8 Å². The number of nitrogens with zero attached hydrogens (tertiary/aromatic N) is 2. The van der Waals surface area contributed by atoms with Gasteiger partial charge in [0.25, 0.3) is 0 Å². The van der Waals surface area contributed by atoms with Crippen molar-refractivity contribution in [1.29, 1.82) is 0 Å². The van der Waals surface area contributed by atoms with Crippen LogP contribution in [0.15, 0.2) is 39.8 Å². The third kappa shape index (κ3) is 3.64. The molecule has 4 nitrogen and oxygen atoms in total. The van der Waals surface area contributed by atoms with Crippen LogP contribution in [0.2, 0.25) is 0 Å². The number of carbonyl (C=O) groups is 1. The Labute approximate surface area is 130 Å². The predicted octanol–water partition coefficient (Wildman–Crippen LogP) is 3.76.